The van der Waals surface area contributed by atoms with E-state index in [1.807, 2.05) is 82.4 Å². The number of halogens is 4. The van der Waals surface area contributed by atoms with E-state index in [4.69, 9.17) is 21.3 Å². The van der Waals surface area contributed by atoms with Crippen molar-refractivity contribution in [3.05, 3.63) is 113 Å². The zero-order valence-corrected chi connectivity index (χ0v) is 20.9. The molecule has 0 N–H and O–H groups in total. The third kappa shape index (κ3) is 5.54. The number of ether oxygens (including phenoxy) is 2. The van der Waals surface area contributed by atoms with Gasteiger partial charge in [-0.15, -0.1) is 13.2 Å². The molecule has 0 spiro atoms. The van der Waals surface area contributed by atoms with Crippen LogP contribution in [-0.4, -0.2) is 33.2 Å². The lowest BCUT2D eigenvalue weighted by Crippen LogP contribution is -2.35. The molecule has 5 rings (SSSR count). The van der Waals surface area contributed by atoms with Gasteiger partial charge in [-0.25, -0.2) is 4.99 Å². The molecule has 0 atom stereocenters. The Kier molecular flexibility index (Phi) is 6.54. The fourth-order valence-corrected chi connectivity index (χ4v) is 4.68. The lowest BCUT2D eigenvalue weighted by atomic mass is 9.63. The summed E-state index contributed by atoms with van der Waals surface area (Å²) >= 11 is 6.93. The summed E-state index contributed by atoms with van der Waals surface area (Å²) in [5.41, 5.74) is 5.34. The maximum absolute atomic E-state index is 12.7. The van der Waals surface area contributed by atoms with Gasteiger partial charge in [0.15, 0.2) is 0 Å². The van der Waals surface area contributed by atoms with Crippen LogP contribution in [0.1, 0.15) is 16.7 Å². The van der Waals surface area contributed by atoms with Gasteiger partial charge in [0.2, 0.25) is 0 Å². The summed E-state index contributed by atoms with van der Waals surface area (Å²) in [7, 11) is 3.94. The molecule has 0 aliphatic carbocycles. The average Bonchev–Trinajstić information content (AvgIpc) is 3.20. The van der Waals surface area contributed by atoms with Gasteiger partial charge in [0.1, 0.15) is 27.2 Å². The Hall–Kier alpha value is -3.64. The van der Waals surface area contributed by atoms with Crippen molar-refractivity contribution in [3.8, 4) is 22.6 Å². The van der Waals surface area contributed by atoms with Crippen molar-refractivity contribution < 1.29 is 22.6 Å². The predicted octanol–water partition coefficient (Wildman–Crippen LogP) is 5.93. The van der Waals surface area contributed by atoms with Crippen LogP contribution in [0.2, 0.25) is 5.02 Å². The molecule has 0 saturated carbocycles. The Morgan fingerprint density at radius 3 is 2.00 bits per heavy atom. The highest BCUT2D eigenvalue weighted by molar-refractivity contribution is 6.40. The number of hydrogen-bond donors (Lipinski definition) is 0. The first-order chi connectivity index (χ1) is 17.6. The van der Waals surface area contributed by atoms with Gasteiger partial charge in [0.05, 0.1) is 16.4 Å². The maximum Gasteiger partial charge on any atom is 0.573 e. The largest absolute Gasteiger partial charge is 0.573 e. The molecule has 1 heterocycles. The minimum absolute atomic E-state index is 0.295. The van der Waals surface area contributed by atoms with Crippen molar-refractivity contribution in [1.82, 2.24) is 0 Å². The number of rotatable bonds is 5. The van der Waals surface area contributed by atoms with Crippen LogP contribution in [0, 0.1) is 0 Å². The third-order valence-electron chi connectivity index (χ3n) is 6.00. The van der Waals surface area contributed by atoms with Crippen molar-refractivity contribution in [1.29, 1.82) is 0 Å². The fraction of sp³-hybridized carbons (Fsp3) is 0.107. The second-order valence-electron chi connectivity index (χ2n) is 9.37. The Bertz CT molecular complexity index is 1420. The first-order valence-electron chi connectivity index (χ1n) is 11.7. The van der Waals surface area contributed by atoms with Gasteiger partial charge < -0.3 is 9.47 Å². The molecule has 37 heavy (non-hydrogen) atoms. The van der Waals surface area contributed by atoms with Gasteiger partial charge >= 0.3 is 6.36 Å². The van der Waals surface area contributed by atoms with Crippen molar-refractivity contribution >= 4 is 38.7 Å². The number of nitrogens with zero attached hydrogens (tertiary/aromatic N) is 1. The smallest absolute Gasteiger partial charge is 0.504 e. The SMILES string of the molecule is BC1(B)Cc2c(Cl)c(N=C(c3ccccc3)c3ccccc3)cc(-c3ccc(OC(F)(F)F)cc3)c2O1. The number of alkyl halides is 3. The molecule has 0 aromatic heterocycles. The van der Waals surface area contributed by atoms with E-state index in [2.05, 4.69) is 4.74 Å². The van der Waals surface area contributed by atoms with E-state index in [0.717, 1.165) is 22.4 Å². The van der Waals surface area contributed by atoms with Gasteiger partial charge in [0, 0.05) is 34.1 Å². The highest BCUT2D eigenvalue weighted by Gasteiger charge is 2.35. The molecule has 0 unspecified atom stereocenters. The van der Waals surface area contributed by atoms with Crippen LogP contribution >= 0.6 is 11.6 Å². The minimum atomic E-state index is -4.76. The molecule has 4 aromatic carbocycles. The van der Waals surface area contributed by atoms with E-state index in [9.17, 15) is 13.2 Å². The van der Waals surface area contributed by atoms with Crippen LogP contribution in [0.5, 0.6) is 11.5 Å². The van der Waals surface area contributed by atoms with Crippen molar-refractivity contribution in [2.24, 2.45) is 4.99 Å². The molecule has 3 nitrogen and oxygen atoms in total. The number of fused-ring (bicyclic) bond motifs is 1. The number of benzene rings is 4. The van der Waals surface area contributed by atoms with Crippen LogP contribution in [0.25, 0.3) is 11.1 Å². The topological polar surface area (TPSA) is 30.8 Å². The van der Waals surface area contributed by atoms with E-state index >= 15 is 0 Å². The second kappa shape index (κ2) is 9.67. The van der Waals surface area contributed by atoms with Crippen LogP contribution in [-0.2, 0) is 6.42 Å². The fourth-order valence-electron chi connectivity index (χ4n) is 4.44. The molecule has 0 radical (unpaired) electrons. The van der Waals surface area contributed by atoms with E-state index in [1.54, 1.807) is 12.1 Å². The van der Waals surface area contributed by atoms with Gasteiger partial charge in [0.25, 0.3) is 0 Å². The summed E-state index contributed by atoms with van der Waals surface area (Å²) in [5.74, 6) is 0.316. The summed E-state index contributed by atoms with van der Waals surface area (Å²) in [6.07, 6.45) is -4.19. The molecule has 4 aromatic rings. The lowest BCUT2D eigenvalue weighted by molar-refractivity contribution is -0.274. The normalized spacial score (nSPS) is 13.9. The average molecular weight is 518 g/mol. The zero-order chi connectivity index (χ0) is 26.2. The summed E-state index contributed by atoms with van der Waals surface area (Å²) in [4.78, 5) is 5.03. The first-order valence-corrected chi connectivity index (χ1v) is 12.1. The van der Waals surface area contributed by atoms with Gasteiger partial charge in [-0.2, -0.15) is 0 Å². The number of aliphatic imine (C=N–C) groups is 1. The standard InChI is InChI=1S/C28H21B2ClF3NO2/c29-27(30)16-22-24(31)23(35-25(18-7-3-1-4-8-18)19-9-5-2-6-10-19)15-21(26(22)37-27)17-11-13-20(14-12-17)36-28(32,33)34/h1-15H,16,29-30H2. The van der Waals surface area contributed by atoms with Crippen LogP contribution in [0.3, 0.4) is 0 Å². The van der Waals surface area contributed by atoms with Gasteiger partial charge in [-0.1, -0.05) is 84.4 Å². The minimum Gasteiger partial charge on any atom is -0.504 e. The summed E-state index contributed by atoms with van der Waals surface area (Å²) in [5, 5.41) is -0.00455. The van der Waals surface area contributed by atoms with E-state index in [-0.39, 0.29) is 5.75 Å². The molecule has 0 fully saturated rings. The molecule has 1 aliphatic rings. The van der Waals surface area contributed by atoms with Crippen molar-refractivity contribution in [2.75, 3.05) is 0 Å². The van der Waals surface area contributed by atoms with E-state index in [0.29, 0.717) is 34.0 Å². The summed E-state index contributed by atoms with van der Waals surface area (Å²) in [6, 6.07) is 27.2. The lowest BCUT2D eigenvalue weighted by Gasteiger charge is -2.19. The Morgan fingerprint density at radius 2 is 1.46 bits per heavy atom. The highest BCUT2D eigenvalue weighted by atomic mass is 35.5. The van der Waals surface area contributed by atoms with E-state index < -0.39 is 11.8 Å². The van der Waals surface area contributed by atoms with Gasteiger partial charge in [-0.05, 0) is 23.8 Å². The van der Waals surface area contributed by atoms with Crippen molar-refractivity contribution in [2.45, 2.75) is 18.2 Å². The molecule has 0 bridgehead atoms. The maximum atomic E-state index is 12.7. The molecular weight excluding hydrogens is 496 g/mol. The Morgan fingerprint density at radius 1 is 0.892 bits per heavy atom. The first kappa shape index (κ1) is 25.0. The monoisotopic (exact) mass is 517 g/mol. The summed E-state index contributed by atoms with van der Waals surface area (Å²) in [6.45, 7) is 0. The second-order valence-corrected chi connectivity index (χ2v) is 9.75. The third-order valence-corrected chi connectivity index (χ3v) is 6.42. The van der Waals surface area contributed by atoms with Crippen LogP contribution in [0.15, 0.2) is 96.0 Å². The molecule has 184 valence electrons. The quantitative estimate of drug-likeness (QED) is 0.243. The Labute approximate surface area is 219 Å². The van der Waals surface area contributed by atoms with Crippen LogP contribution < -0.4 is 9.47 Å². The van der Waals surface area contributed by atoms with Crippen LogP contribution in [0.4, 0.5) is 18.9 Å². The molecule has 1 aliphatic heterocycles. The van der Waals surface area contributed by atoms with Gasteiger partial charge in [-0.3, -0.25) is 0 Å². The molecule has 0 saturated heterocycles. The molecule has 0 amide bonds. The van der Waals surface area contributed by atoms with Crippen molar-refractivity contribution in [3.63, 3.8) is 0 Å². The predicted molar refractivity (Wildman–Crippen MR) is 146 cm³/mol. The molecular formula is C28H21B2ClF3NO2. The highest BCUT2D eigenvalue weighted by Crippen LogP contribution is 2.48. The van der Waals surface area contributed by atoms with E-state index in [1.165, 1.54) is 12.1 Å². The molecule has 9 heteroatoms. The summed E-state index contributed by atoms with van der Waals surface area (Å²) < 4.78 is 48.3. The number of hydrogen-bond acceptors (Lipinski definition) is 3. The zero-order valence-electron chi connectivity index (χ0n) is 20.1. The Balaban J connectivity index is 1.67.